The lowest BCUT2D eigenvalue weighted by atomic mass is 9.86. The largest absolute Gasteiger partial charge is 0.523 e. The van der Waals surface area contributed by atoms with Crippen LogP contribution in [0.1, 0.15) is 29.2 Å². The Bertz CT molecular complexity index is 2390. The number of allylic oxidation sites excluding steroid dienone is 3. The topological polar surface area (TPSA) is 56.3 Å². The van der Waals surface area contributed by atoms with Crippen molar-refractivity contribution in [3.63, 3.8) is 0 Å². The van der Waals surface area contributed by atoms with Crippen molar-refractivity contribution in [2.75, 3.05) is 0 Å². The maximum absolute atomic E-state index is 15.1. The Balaban J connectivity index is 2.18. The fraction of sp³-hybridized carbons (Fsp3) is 0.176. The molecule has 0 atom stereocenters. The summed E-state index contributed by atoms with van der Waals surface area (Å²) in [5.41, 5.74) is -13.6. The van der Waals surface area contributed by atoms with Crippen molar-refractivity contribution in [3.05, 3.63) is 126 Å². The fourth-order valence-corrected chi connectivity index (χ4v) is 6.48. The van der Waals surface area contributed by atoms with Gasteiger partial charge >= 0.3 is 24.3 Å². The Morgan fingerprint density at radius 1 is 0.627 bits per heavy atom. The number of hydrogen-bond acceptors (Lipinski definition) is 2. The highest BCUT2D eigenvalue weighted by molar-refractivity contribution is 5.93. The van der Waals surface area contributed by atoms with E-state index in [0.717, 1.165) is 0 Å². The molecule has 17 heteroatoms. The molecule has 0 heterocycles. The molecule has 0 N–H and O–H groups in total. The molecule has 0 unspecified atom stereocenters. The molecule has 5 rings (SSSR count). The highest BCUT2D eigenvalue weighted by atomic mass is 19.4. The van der Waals surface area contributed by atoms with Gasteiger partial charge in [-0.15, -0.1) is 0 Å². The second-order valence-electron chi connectivity index (χ2n) is 11.0. The van der Waals surface area contributed by atoms with E-state index in [4.69, 9.17) is 13.1 Å². The van der Waals surface area contributed by atoms with Gasteiger partial charge in [0.05, 0.1) is 11.1 Å². The van der Waals surface area contributed by atoms with Gasteiger partial charge in [0.2, 0.25) is 0 Å². The third kappa shape index (κ3) is 5.75. The quantitative estimate of drug-likeness (QED) is 0.151. The monoisotopic (exact) mass is 722 g/mol. The summed E-state index contributed by atoms with van der Waals surface area (Å²) in [5.74, 6) is -9.68. The van der Waals surface area contributed by atoms with Crippen molar-refractivity contribution in [3.8, 4) is 34.4 Å². The highest BCUT2D eigenvalue weighted by Gasteiger charge is 2.46. The predicted octanol–water partition coefficient (Wildman–Crippen LogP) is 9.00. The molecule has 0 aliphatic heterocycles. The third-order valence-corrected chi connectivity index (χ3v) is 8.31. The minimum Gasteiger partial charge on any atom is -0.206 e. The molecular formula is C34H11F13N4. The van der Waals surface area contributed by atoms with Gasteiger partial charge in [-0.05, 0) is 92.6 Å². The van der Waals surface area contributed by atoms with Gasteiger partial charge in [-0.1, -0.05) is 0 Å². The standard InChI is InChI=1S/C34H11F13N4/c1-12-16(31(50-2)51-3)8-18-24(12)25(13-4-20(35)29(21(36)5-13)33(42,43)44)19-9-17(15(10-48)11-49)28(32(39,40)41)27(19)26(18)14-6-22(37)30(23(38)7-14)34(45,46)47/h4-7H,8-9H2,1H3. The normalized spacial score (nSPS) is 14.1. The molecule has 0 aromatic heterocycles. The summed E-state index contributed by atoms with van der Waals surface area (Å²) >= 11 is 0. The molecule has 0 radical (unpaired) electrons. The number of benzene rings is 3. The zero-order valence-electron chi connectivity index (χ0n) is 24.9. The first kappa shape index (κ1) is 36.2. The molecule has 51 heavy (non-hydrogen) atoms. The van der Waals surface area contributed by atoms with Crippen molar-refractivity contribution in [1.82, 2.24) is 0 Å². The van der Waals surface area contributed by atoms with Crippen molar-refractivity contribution in [2.45, 2.75) is 38.3 Å². The summed E-state index contributed by atoms with van der Waals surface area (Å²) in [6, 6.07) is 2.94. The van der Waals surface area contributed by atoms with E-state index in [1.165, 1.54) is 19.1 Å². The smallest absolute Gasteiger partial charge is 0.206 e. The van der Waals surface area contributed by atoms with E-state index in [1.807, 2.05) is 0 Å². The Labute approximate surface area is 277 Å². The first-order valence-corrected chi connectivity index (χ1v) is 13.8. The number of rotatable bonds is 2. The number of fused-ring (bicyclic) bond motifs is 2. The van der Waals surface area contributed by atoms with Crippen molar-refractivity contribution in [2.24, 2.45) is 0 Å². The summed E-state index contributed by atoms with van der Waals surface area (Å²) in [7, 11) is 0. The predicted molar refractivity (Wildman–Crippen MR) is 151 cm³/mol. The SMILES string of the molecule is [C-]#[N+]C([N+]#[C-])=C1Cc2c(-c3cc(F)c(C(F)(F)F)c(F)c3)c3c(c(-c4cc(F)c(C(F)(F)F)c(F)c4)c2=C1C)CC(=C(C#N)C#N)C=3C(F)(F)F. The Hall–Kier alpha value is -6.07. The van der Waals surface area contributed by atoms with Crippen LogP contribution in [0.5, 0.6) is 0 Å². The first-order chi connectivity index (χ1) is 23.6. The Morgan fingerprint density at radius 2 is 1.00 bits per heavy atom. The van der Waals surface area contributed by atoms with Crippen LogP contribution in [0.15, 0.2) is 46.8 Å². The number of nitriles is 2. The average molecular weight is 722 g/mol. The fourth-order valence-electron chi connectivity index (χ4n) is 6.48. The van der Waals surface area contributed by atoms with Crippen LogP contribution in [0.2, 0.25) is 0 Å². The molecule has 2 aliphatic carbocycles. The Morgan fingerprint density at radius 3 is 1.35 bits per heavy atom. The average Bonchev–Trinajstić information content (AvgIpc) is 3.53. The summed E-state index contributed by atoms with van der Waals surface area (Å²) in [6.07, 6.45) is -18.6. The maximum Gasteiger partial charge on any atom is 0.523 e. The number of halogens is 13. The van der Waals surface area contributed by atoms with Gasteiger partial charge in [0, 0.05) is 6.42 Å². The molecule has 0 saturated heterocycles. The van der Waals surface area contributed by atoms with Crippen LogP contribution in [0.4, 0.5) is 57.1 Å². The zero-order valence-corrected chi connectivity index (χ0v) is 24.9. The maximum atomic E-state index is 15.1. The summed E-state index contributed by atoms with van der Waals surface area (Å²) in [6.45, 7) is 16.0. The van der Waals surface area contributed by atoms with E-state index in [-0.39, 0.29) is 40.6 Å². The first-order valence-electron chi connectivity index (χ1n) is 13.8. The van der Waals surface area contributed by atoms with E-state index < -0.39 is 127 Å². The van der Waals surface area contributed by atoms with Gasteiger partial charge in [0.15, 0.2) is 0 Å². The Kier molecular flexibility index (Phi) is 8.57. The van der Waals surface area contributed by atoms with Crippen LogP contribution < -0.4 is 10.4 Å². The second-order valence-corrected chi connectivity index (χ2v) is 11.0. The summed E-state index contributed by atoms with van der Waals surface area (Å²) < 4.78 is 186. The van der Waals surface area contributed by atoms with Crippen molar-refractivity contribution in [1.29, 1.82) is 10.5 Å². The van der Waals surface area contributed by atoms with Gasteiger partial charge in [-0.3, -0.25) is 0 Å². The molecule has 3 aromatic rings. The lowest BCUT2D eigenvalue weighted by Gasteiger charge is -2.19. The van der Waals surface area contributed by atoms with E-state index in [0.29, 0.717) is 0 Å². The van der Waals surface area contributed by atoms with Crippen LogP contribution in [0, 0.1) is 59.1 Å². The van der Waals surface area contributed by atoms with E-state index in [2.05, 4.69) is 9.69 Å². The molecule has 0 spiro atoms. The number of hydrogen-bond donors (Lipinski definition) is 0. The molecule has 258 valence electrons. The highest BCUT2D eigenvalue weighted by Crippen LogP contribution is 2.46. The molecule has 0 amide bonds. The third-order valence-electron chi connectivity index (χ3n) is 8.31. The summed E-state index contributed by atoms with van der Waals surface area (Å²) in [5, 5.41) is 17.6. The van der Waals surface area contributed by atoms with Crippen LogP contribution in [-0.2, 0) is 25.2 Å². The molecule has 0 saturated carbocycles. The van der Waals surface area contributed by atoms with Crippen LogP contribution >= 0.6 is 0 Å². The lowest BCUT2D eigenvalue weighted by Crippen LogP contribution is -2.27. The minimum atomic E-state index is -5.62. The molecule has 0 fully saturated rings. The van der Waals surface area contributed by atoms with Crippen LogP contribution in [0.3, 0.4) is 0 Å². The summed E-state index contributed by atoms with van der Waals surface area (Å²) in [4.78, 5) is 6.10. The molecule has 0 bridgehead atoms. The van der Waals surface area contributed by atoms with Gasteiger partial charge < -0.3 is 0 Å². The van der Waals surface area contributed by atoms with Gasteiger partial charge in [-0.2, -0.15) is 59.7 Å². The number of alkyl halides is 9. The van der Waals surface area contributed by atoms with E-state index in [1.54, 1.807) is 0 Å². The molecule has 3 aromatic carbocycles. The van der Waals surface area contributed by atoms with E-state index in [9.17, 15) is 36.9 Å². The van der Waals surface area contributed by atoms with Crippen LogP contribution in [-0.4, -0.2) is 6.18 Å². The van der Waals surface area contributed by atoms with E-state index >= 15 is 30.7 Å². The molecular weight excluding hydrogens is 711 g/mol. The second kappa shape index (κ2) is 12.1. The number of nitrogens with zero attached hydrogens (tertiary/aromatic N) is 4. The zero-order chi connectivity index (χ0) is 38.1. The molecule has 4 nitrogen and oxygen atoms in total. The lowest BCUT2D eigenvalue weighted by molar-refractivity contribution is -0.143. The van der Waals surface area contributed by atoms with Crippen LogP contribution in [0.25, 0.3) is 43.1 Å². The minimum absolute atomic E-state index is 0.0613. The van der Waals surface area contributed by atoms with Gasteiger partial charge in [0.25, 0.3) is 0 Å². The van der Waals surface area contributed by atoms with Crippen molar-refractivity contribution >= 4 is 11.1 Å². The molecule has 2 aliphatic rings. The van der Waals surface area contributed by atoms with Gasteiger partial charge in [-0.25, -0.2) is 17.6 Å². The van der Waals surface area contributed by atoms with Gasteiger partial charge in [0.1, 0.15) is 65.3 Å². The van der Waals surface area contributed by atoms with Crippen molar-refractivity contribution < 1.29 is 57.1 Å².